The van der Waals surface area contributed by atoms with Gasteiger partial charge in [-0.2, -0.15) is 0 Å². The molecule has 0 aromatic carbocycles. The highest BCUT2D eigenvalue weighted by Crippen LogP contribution is 1.91. The molecule has 54 valence electrons. The maximum Gasteiger partial charge on any atom is 0.200 e. The predicted octanol–water partition coefficient (Wildman–Crippen LogP) is 0.232. The second-order valence-electron chi connectivity index (χ2n) is 2.04. The molecule has 1 atom stereocenters. The minimum Gasteiger partial charge on any atom is -0.356 e. The van der Waals surface area contributed by atoms with Crippen molar-refractivity contribution in [2.24, 2.45) is 0 Å². The number of aldehydes is 1. The molecule has 0 saturated carbocycles. The van der Waals surface area contributed by atoms with E-state index in [9.17, 15) is 9.59 Å². The zero-order valence-electron chi connectivity index (χ0n) is 5.96. The molecular formula is C6H10BNO2. The highest BCUT2D eigenvalue weighted by Gasteiger charge is 2.04. The van der Waals surface area contributed by atoms with Crippen LogP contribution in [0.4, 0.5) is 4.79 Å². The number of amides is 1. The first-order valence-corrected chi connectivity index (χ1v) is 3.22. The monoisotopic (exact) mass is 139 g/mol. The normalized spacial score (nSPS) is 12.1. The van der Waals surface area contributed by atoms with E-state index < -0.39 is 11.8 Å². The van der Waals surface area contributed by atoms with Crippen LogP contribution in [-0.2, 0) is 4.79 Å². The minimum absolute atomic E-state index is 0.414. The standard InChI is InChI=1S/C6H10BNO2/c1-2-3-5(4-9)8-6(7)10/h4-5H,2-3H2,1H3,(H,8,10). The van der Waals surface area contributed by atoms with Crippen molar-refractivity contribution in [1.29, 1.82) is 0 Å². The van der Waals surface area contributed by atoms with Crippen LogP contribution in [-0.4, -0.2) is 26.0 Å². The van der Waals surface area contributed by atoms with E-state index in [1.54, 1.807) is 0 Å². The Morgan fingerprint density at radius 2 is 2.40 bits per heavy atom. The fourth-order valence-electron chi connectivity index (χ4n) is 0.668. The number of nitrogens with one attached hydrogen (secondary N) is 1. The second-order valence-corrected chi connectivity index (χ2v) is 2.04. The van der Waals surface area contributed by atoms with Gasteiger partial charge in [-0.25, -0.2) is 0 Å². The van der Waals surface area contributed by atoms with Crippen LogP contribution in [0.5, 0.6) is 0 Å². The van der Waals surface area contributed by atoms with E-state index in [2.05, 4.69) is 5.32 Å². The van der Waals surface area contributed by atoms with Gasteiger partial charge in [0, 0.05) is 0 Å². The summed E-state index contributed by atoms with van der Waals surface area (Å²) in [6.45, 7) is 1.93. The van der Waals surface area contributed by atoms with Crippen LogP contribution in [0.3, 0.4) is 0 Å². The van der Waals surface area contributed by atoms with Crippen molar-refractivity contribution in [3.8, 4) is 0 Å². The van der Waals surface area contributed by atoms with Crippen molar-refractivity contribution >= 4 is 19.9 Å². The molecule has 0 aliphatic rings. The molecule has 3 nitrogen and oxygen atoms in total. The van der Waals surface area contributed by atoms with Gasteiger partial charge in [0.1, 0.15) is 6.29 Å². The van der Waals surface area contributed by atoms with Crippen molar-refractivity contribution in [2.75, 3.05) is 0 Å². The summed E-state index contributed by atoms with van der Waals surface area (Å²) in [5, 5.41) is 2.30. The van der Waals surface area contributed by atoms with Crippen molar-refractivity contribution in [3.05, 3.63) is 0 Å². The van der Waals surface area contributed by atoms with E-state index in [0.29, 0.717) is 12.7 Å². The summed E-state index contributed by atoms with van der Waals surface area (Å²) in [5.41, 5.74) is 0. The summed E-state index contributed by atoms with van der Waals surface area (Å²) in [4.78, 5) is 20.4. The van der Waals surface area contributed by atoms with Crippen LogP contribution in [0.2, 0.25) is 0 Å². The third-order valence-corrected chi connectivity index (χ3v) is 1.09. The van der Waals surface area contributed by atoms with Gasteiger partial charge in [-0.3, -0.25) is 4.79 Å². The molecule has 0 bridgehead atoms. The maximum absolute atomic E-state index is 10.2. The molecule has 0 aliphatic heterocycles. The van der Waals surface area contributed by atoms with Gasteiger partial charge in [0.05, 0.1) is 6.04 Å². The van der Waals surface area contributed by atoms with Crippen LogP contribution in [0, 0.1) is 0 Å². The quantitative estimate of drug-likeness (QED) is 0.447. The van der Waals surface area contributed by atoms with Crippen molar-refractivity contribution in [2.45, 2.75) is 25.8 Å². The molecule has 0 aromatic heterocycles. The molecule has 2 radical (unpaired) electrons. The van der Waals surface area contributed by atoms with Crippen LogP contribution in [0.1, 0.15) is 19.8 Å². The Morgan fingerprint density at radius 1 is 1.80 bits per heavy atom. The van der Waals surface area contributed by atoms with Crippen LogP contribution < -0.4 is 5.32 Å². The average molecular weight is 139 g/mol. The first kappa shape index (κ1) is 9.20. The third kappa shape index (κ3) is 4.12. The van der Waals surface area contributed by atoms with Crippen molar-refractivity contribution < 1.29 is 9.59 Å². The highest BCUT2D eigenvalue weighted by atomic mass is 16.1. The van der Waals surface area contributed by atoms with Crippen molar-refractivity contribution in [1.82, 2.24) is 5.32 Å². The Kier molecular flexibility index (Phi) is 4.63. The van der Waals surface area contributed by atoms with E-state index in [1.165, 1.54) is 0 Å². The third-order valence-electron chi connectivity index (χ3n) is 1.09. The molecule has 4 heteroatoms. The predicted molar refractivity (Wildman–Crippen MR) is 39.0 cm³/mol. The lowest BCUT2D eigenvalue weighted by molar-refractivity contribution is -0.109. The average Bonchev–Trinajstić information content (AvgIpc) is 1.86. The Hall–Kier alpha value is -0.795. The molecule has 0 aliphatic carbocycles. The van der Waals surface area contributed by atoms with E-state index >= 15 is 0 Å². The van der Waals surface area contributed by atoms with E-state index in [-0.39, 0.29) is 0 Å². The SMILES string of the molecule is [B]C(=O)NC(C=O)CCC. The van der Waals surface area contributed by atoms with E-state index in [1.807, 2.05) is 6.92 Å². The number of hydrogen-bond acceptors (Lipinski definition) is 2. The lowest BCUT2D eigenvalue weighted by Crippen LogP contribution is -2.34. The summed E-state index contributed by atoms with van der Waals surface area (Å²) in [6, 6.07) is -0.414. The molecule has 0 rings (SSSR count). The lowest BCUT2D eigenvalue weighted by Gasteiger charge is -2.08. The molecule has 10 heavy (non-hydrogen) atoms. The fraction of sp³-hybridized carbons (Fsp3) is 0.667. The Bertz CT molecular complexity index is 127. The smallest absolute Gasteiger partial charge is 0.200 e. The Labute approximate surface area is 61.6 Å². The lowest BCUT2D eigenvalue weighted by atomic mass is 10.1. The molecule has 0 fully saturated rings. The van der Waals surface area contributed by atoms with E-state index in [4.69, 9.17) is 7.85 Å². The molecule has 1 amide bonds. The Morgan fingerprint density at radius 3 is 2.70 bits per heavy atom. The summed E-state index contributed by atoms with van der Waals surface area (Å²) < 4.78 is 0. The zero-order valence-corrected chi connectivity index (χ0v) is 5.96. The maximum atomic E-state index is 10.2. The number of carbonyl (C=O) groups excluding carboxylic acids is 2. The summed E-state index contributed by atoms with van der Waals surface area (Å²) in [6.07, 6.45) is 2.18. The van der Waals surface area contributed by atoms with Gasteiger partial charge >= 0.3 is 0 Å². The fourth-order valence-corrected chi connectivity index (χ4v) is 0.668. The molecule has 0 spiro atoms. The topological polar surface area (TPSA) is 46.2 Å². The first-order chi connectivity index (χ1) is 4.70. The van der Waals surface area contributed by atoms with Gasteiger partial charge in [-0.05, 0) is 6.42 Å². The first-order valence-electron chi connectivity index (χ1n) is 3.22. The molecule has 0 saturated heterocycles. The zero-order chi connectivity index (χ0) is 7.98. The van der Waals surface area contributed by atoms with Gasteiger partial charge in [-0.1, -0.05) is 13.3 Å². The summed E-state index contributed by atoms with van der Waals surface area (Å²) in [5.74, 6) is -0.648. The second kappa shape index (κ2) is 5.03. The Balaban J connectivity index is 3.59. The van der Waals surface area contributed by atoms with Crippen LogP contribution in [0.15, 0.2) is 0 Å². The molecule has 1 unspecified atom stereocenters. The van der Waals surface area contributed by atoms with Gasteiger partial charge < -0.3 is 10.1 Å². The molecule has 1 N–H and O–H groups in total. The molecular weight excluding hydrogens is 129 g/mol. The van der Waals surface area contributed by atoms with E-state index in [0.717, 1.165) is 6.42 Å². The summed E-state index contributed by atoms with van der Waals surface area (Å²) in [7, 11) is 4.79. The van der Waals surface area contributed by atoms with Gasteiger partial charge in [0.2, 0.25) is 7.85 Å². The highest BCUT2D eigenvalue weighted by molar-refractivity contribution is 6.57. The number of rotatable bonds is 4. The van der Waals surface area contributed by atoms with Crippen LogP contribution in [0.25, 0.3) is 0 Å². The van der Waals surface area contributed by atoms with Gasteiger partial charge in [0.25, 0.3) is 0 Å². The van der Waals surface area contributed by atoms with Gasteiger partial charge in [-0.15, -0.1) is 0 Å². The summed E-state index contributed by atoms with van der Waals surface area (Å²) >= 11 is 0. The number of hydrogen-bond donors (Lipinski definition) is 1. The molecule has 0 aromatic rings. The number of carbonyl (C=O) groups is 2. The van der Waals surface area contributed by atoms with Crippen molar-refractivity contribution in [3.63, 3.8) is 0 Å². The minimum atomic E-state index is -0.648. The molecule has 0 heterocycles. The van der Waals surface area contributed by atoms with Gasteiger partial charge in [0.15, 0.2) is 5.81 Å². The van der Waals surface area contributed by atoms with Crippen LogP contribution >= 0.6 is 0 Å². The largest absolute Gasteiger partial charge is 0.356 e.